The summed E-state index contributed by atoms with van der Waals surface area (Å²) in [6.45, 7) is 3.86. The molecular formula is C18H26N2O5. The van der Waals surface area contributed by atoms with E-state index in [9.17, 15) is 14.4 Å². The van der Waals surface area contributed by atoms with Crippen LogP contribution in [0, 0.1) is 0 Å². The zero-order chi connectivity index (χ0) is 18.8. The molecular weight excluding hydrogens is 324 g/mol. The van der Waals surface area contributed by atoms with Crippen LogP contribution in [0.25, 0.3) is 0 Å². The summed E-state index contributed by atoms with van der Waals surface area (Å²) >= 11 is 0. The standard InChI is InChI=1S/C18H26N2O5/c1-5-24-16(21)12-11-15(18(23)25-6-2)19-17(22)13-7-9-14(10-8-13)20(3)4/h7-10,15H,5-6,11-12H2,1-4H3,(H,19,22)/t15-/m0/s1. The van der Waals surface area contributed by atoms with Crippen molar-refractivity contribution in [3.63, 3.8) is 0 Å². The van der Waals surface area contributed by atoms with E-state index in [4.69, 9.17) is 9.47 Å². The van der Waals surface area contributed by atoms with Gasteiger partial charge in [-0.1, -0.05) is 0 Å². The van der Waals surface area contributed by atoms with Gasteiger partial charge in [-0.2, -0.15) is 0 Å². The van der Waals surface area contributed by atoms with Gasteiger partial charge in [0, 0.05) is 31.8 Å². The fraction of sp³-hybridized carbons (Fsp3) is 0.500. The predicted octanol–water partition coefficient (Wildman–Crippen LogP) is 1.76. The molecule has 0 spiro atoms. The number of carbonyl (C=O) groups is 3. The Balaban J connectivity index is 2.75. The fourth-order valence-corrected chi connectivity index (χ4v) is 2.14. The summed E-state index contributed by atoms with van der Waals surface area (Å²) in [7, 11) is 3.81. The minimum atomic E-state index is -0.898. The third kappa shape index (κ3) is 6.82. The highest BCUT2D eigenvalue weighted by molar-refractivity contribution is 5.97. The average Bonchev–Trinajstić information content (AvgIpc) is 2.58. The van der Waals surface area contributed by atoms with E-state index in [0.29, 0.717) is 5.56 Å². The Morgan fingerprint density at radius 1 is 1.04 bits per heavy atom. The van der Waals surface area contributed by atoms with Crippen LogP contribution in [-0.2, 0) is 19.1 Å². The quantitative estimate of drug-likeness (QED) is 0.683. The van der Waals surface area contributed by atoms with Crippen LogP contribution in [0.2, 0.25) is 0 Å². The smallest absolute Gasteiger partial charge is 0.328 e. The molecule has 25 heavy (non-hydrogen) atoms. The highest BCUT2D eigenvalue weighted by atomic mass is 16.5. The van der Waals surface area contributed by atoms with Crippen molar-refractivity contribution in [1.82, 2.24) is 5.32 Å². The number of hydrogen-bond donors (Lipinski definition) is 1. The van der Waals surface area contributed by atoms with Crippen molar-refractivity contribution in [1.29, 1.82) is 0 Å². The Kier molecular flexibility index (Phi) is 8.46. The molecule has 138 valence electrons. The largest absolute Gasteiger partial charge is 0.466 e. The van der Waals surface area contributed by atoms with Gasteiger partial charge in [-0.3, -0.25) is 9.59 Å². The number of esters is 2. The predicted molar refractivity (Wildman–Crippen MR) is 94.5 cm³/mol. The maximum absolute atomic E-state index is 12.4. The minimum absolute atomic E-state index is 0.0250. The van der Waals surface area contributed by atoms with E-state index in [2.05, 4.69) is 5.32 Å². The van der Waals surface area contributed by atoms with E-state index in [1.54, 1.807) is 26.0 Å². The third-order valence-electron chi connectivity index (χ3n) is 3.46. The van der Waals surface area contributed by atoms with E-state index in [1.165, 1.54) is 0 Å². The van der Waals surface area contributed by atoms with Crippen LogP contribution in [0.3, 0.4) is 0 Å². The number of carbonyl (C=O) groups excluding carboxylic acids is 3. The monoisotopic (exact) mass is 350 g/mol. The molecule has 7 nitrogen and oxygen atoms in total. The number of rotatable bonds is 9. The number of nitrogens with zero attached hydrogens (tertiary/aromatic N) is 1. The molecule has 0 saturated heterocycles. The van der Waals surface area contributed by atoms with E-state index in [0.717, 1.165) is 5.69 Å². The summed E-state index contributed by atoms with van der Waals surface area (Å²) in [4.78, 5) is 37.8. The zero-order valence-corrected chi connectivity index (χ0v) is 15.2. The molecule has 0 aliphatic heterocycles. The third-order valence-corrected chi connectivity index (χ3v) is 3.46. The van der Waals surface area contributed by atoms with Crippen molar-refractivity contribution in [2.45, 2.75) is 32.7 Å². The van der Waals surface area contributed by atoms with Gasteiger partial charge in [0.1, 0.15) is 6.04 Å². The van der Waals surface area contributed by atoms with Crippen molar-refractivity contribution in [3.8, 4) is 0 Å². The van der Waals surface area contributed by atoms with Gasteiger partial charge in [0.25, 0.3) is 5.91 Å². The molecule has 1 rings (SSSR count). The molecule has 0 radical (unpaired) electrons. The molecule has 0 aliphatic carbocycles. The maximum Gasteiger partial charge on any atom is 0.328 e. The van der Waals surface area contributed by atoms with Gasteiger partial charge < -0.3 is 19.7 Å². The first-order valence-electron chi connectivity index (χ1n) is 8.29. The van der Waals surface area contributed by atoms with Gasteiger partial charge in [-0.25, -0.2) is 4.79 Å². The van der Waals surface area contributed by atoms with Crippen molar-refractivity contribution in [2.24, 2.45) is 0 Å². The lowest BCUT2D eigenvalue weighted by Gasteiger charge is -2.17. The zero-order valence-electron chi connectivity index (χ0n) is 15.2. The van der Waals surface area contributed by atoms with Crippen LogP contribution in [0.5, 0.6) is 0 Å². The van der Waals surface area contributed by atoms with Crippen LogP contribution in [0.1, 0.15) is 37.0 Å². The first-order chi connectivity index (χ1) is 11.9. The summed E-state index contributed by atoms with van der Waals surface area (Å²) in [5.41, 5.74) is 1.39. The van der Waals surface area contributed by atoms with Crippen molar-refractivity contribution in [2.75, 3.05) is 32.2 Å². The molecule has 1 aromatic carbocycles. The molecule has 1 aromatic rings. The molecule has 0 unspecified atom stereocenters. The molecule has 1 N–H and O–H groups in total. The van der Waals surface area contributed by atoms with Crippen LogP contribution in [0.15, 0.2) is 24.3 Å². The lowest BCUT2D eigenvalue weighted by molar-refractivity contribution is -0.146. The molecule has 1 amide bonds. The van der Waals surface area contributed by atoms with Gasteiger partial charge in [0.05, 0.1) is 13.2 Å². The molecule has 1 atom stereocenters. The van der Waals surface area contributed by atoms with Crippen molar-refractivity contribution in [3.05, 3.63) is 29.8 Å². The maximum atomic E-state index is 12.4. The Hall–Kier alpha value is -2.57. The first kappa shape index (κ1) is 20.5. The summed E-state index contributed by atoms with van der Waals surface area (Å²) < 4.78 is 9.82. The van der Waals surface area contributed by atoms with Crippen LogP contribution in [0.4, 0.5) is 5.69 Å². The van der Waals surface area contributed by atoms with Crippen LogP contribution >= 0.6 is 0 Å². The summed E-state index contributed by atoms with van der Waals surface area (Å²) in [6.07, 6.45) is 0.149. The lowest BCUT2D eigenvalue weighted by atomic mass is 10.1. The van der Waals surface area contributed by atoms with Crippen molar-refractivity contribution >= 4 is 23.5 Å². The minimum Gasteiger partial charge on any atom is -0.466 e. The molecule has 0 saturated carbocycles. The second-order valence-electron chi connectivity index (χ2n) is 5.56. The lowest BCUT2D eigenvalue weighted by Crippen LogP contribution is -2.42. The topological polar surface area (TPSA) is 84.9 Å². The SMILES string of the molecule is CCOC(=O)CC[C@H](NC(=O)c1ccc(N(C)C)cc1)C(=O)OCC. The number of ether oxygens (including phenoxy) is 2. The molecule has 7 heteroatoms. The van der Waals surface area contributed by atoms with Gasteiger partial charge in [0.2, 0.25) is 0 Å². The summed E-state index contributed by atoms with van der Waals surface area (Å²) in [6, 6.07) is 6.08. The number of amides is 1. The van der Waals surface area contributed by atoms with Gasteiger partial charge in [0.15, 0.2) is 0 Å². The van der Waals surface area contributed by atoms with E-state index in [-0.39, 0.29) is 26.1 Å². The Morgan fingerprint density at radius 2 is 1.64 bits per heavy atom. The summed E-state index contributed by atoms with van der Waals surface area (Å²) in [5.74, 6) is -1.38. The number of nitrogens with one attached hydrogen (secondary N) is 1. The summed E-state index contributed by atoms with van der Waals surface area (Å²) in [5, 5.41) is 2.63. The van der Waals surface area contributed by atoms with Crippen LogP contribution in [-0.4, -0.2) is 51.2 Å². The highest BCUT2D eigenvalue weighted by Gasteiger charge is 2.24. The molecule has 0 heterocycles. The Labute approximate surface area is 148 Å². The Morgan fingerprint density at radius 3 is 2.16 bits per heavy atom. The van der Waals surface area contributed by atoms with E-state index < -0.39 is 23.9 Å². The molecule has 0 fully saturated rings. The van der Waals surface area contributed by atoms with Gasteiger partial charge in [-0.15, -0.1) is 0 Å². The van der Waals surface area contributed by atoms with Gasteiger partial charge >= 0.3 is 11.9 Å². The second-order valence-corrected chi connectivity index (χ2v) is 5.56. The van der Waals surface area contributed by atoms with E-state index >= 15 is 0 Å². The average molecular weight is 350 g/mol. The molecule has 0 aliphatic rings. The molecule has 0 aromatic heterocycles. The number of benzene rings is 1. The fourth-order valence-electron chi connectivity index (χ4n) is 2.14. The number of hydrogen-bond acceptors (Lipinski definition) is 6. The highest BCUT2D eigenvalue weighted by Crippen LogP contribution is 2.13. The Bertz CT molecular complexity index is 584. The second kappa shape index (κ2) is 10.3. The number of anilines is 1. The van der Waals surface area contributed by atoms with Gasteiger partial charge in [-0.05, 0) is 44.5 Å². The first-order valence-corrected chi connectivity index (χ1v) is 8.29. The van der Waals surface area contributed by atoms with Crippen molar-refractivity contribution < 1.29 is 23.9 Å². The normalized spacial score (nSPS) is 11.4. The molecule has 0 bridgehead atoms. The van der Waals surface area contributed by atoms with E-state index in [1.807, 2.05) is 31.1 Å². The van der Waals surface area contributed by atoms with Crippen LogP contribution < -0.4 is 10.2 Å².